The van der Waals surface area contributed by atoms with Gasteiger partial charge in [-0.25, -0.2) is 8.42 Å². The molecule has 0 bridgehead atoms. The summed E-state index contributed by atoms with van der Waals surface area (Å²) in [6, 6.07) is 10.0. The maximum absolute atomic E-state index is 13.1. The van der Waals surface area contributed by atoms with E-state index >= 15 is 0 Å². The van der Waals surface area contributed by atoms with Crippen molar-refractivity contribution in [3.63, 3.8) is 0 Å². The number of hydrogen-bond donors (Lipinski definition) is 0. The number of fused-ring (bicyclic) bond motifs is 1. The largest absolute Gasteiger partial charge is 0.243 e. The van der Waals surface area contributed by atoms with Gasteiger partial charge in [-0.2, -0.15) is 4.31 Å². The Morgan fingerprint density at radius 2 is 1.70 bits per heavy atom. The molecular formula is C19H25NO2S. The molecular weight excluding hydrogens is 306 g/mol. The van der Waals surface area contributed by atoms with Crippen LogP contribution in [-0.2, 0) is 22.9 Å². The van der Waals surface area contributed by atoms with E-state index in [4.69, 9.17) is 0 Å². The molecule has 1 aliphatic heterocycles. The molecule has 1 heterocycles. The van der Waals surface area contributed by atoms with Crippen molar-refractivity contribution in [3.8, 4) is 0 Å². The number of sulfonamides is 1. The molecule has 0 aliphatic carbocycles. The topological polar surface area (TPSA) is 37.4 Å². The van der Waals surface area contributed by atoms with Gasteiger partial charge in [-0.05, 0) is 53.6 Å². The lowest BCUT2D eigenvalue weighted by Gasteiger charge is -2.27. The fourth-order valence-corrected chi connectivity index (χ4v) is 5.46. The Morgan fingerprint density at radius 1 is 0.957 bits per heavy atom. The van der Waals surface area contributed by atoms with Crippen LogP contribution in [0, 0.1) is 0 Å². The van der Waals surface area contributed by atoms with Gasteiger partial charge in [0.15, 0.2) is 0 Å². The van der Waals surface area contributed by atoms with Gasteiger partial charge in [0, 0.05) is 13.1 Å². The van der Waals surface area contributed by atoms with Gasteiger partial charge in [0.2, 0.25) is 10.0 Å². The lowest BCUT2D eigenvalue weighted by atomic mass is 9.96. The summed E-state index contributed by atoms with van der Waals surface area (Å²) in [7, 11) is -3.39. The molecule has 0 saturated carbocycles. The highest BCUT2D eigenvalue weighted by Gasteiger charge is 2.28. The van der Waals surface area contributed by atoms with E-state index in [1.165, 1.54) is 5.56 Å². The highest BCUT2D eigenvalue weighted by molar-refractivity contribution is 7.89. The van der Waals surface area contributed by atoms with Gasteiger partial charge >= 0.3 is 0 Å². The van der Waals surface area contributed by atoms with Crippen LogP contribution in [0.5, 0.6) is 0 Å². The van der Waals surface area contributed by atoms with Crippen molar-refractivity contribution in [2.24, 2.45) is 0 Å². The van der Waals surface area contributed by atoms with Crippen molar-refractivity contribution in [2.75, 3.05) is 13.1 Å². The van der Waals surface area contributed by atoms with E-state index in [1.807, 2.05) is 12.1 Å². The van der Waals surface area contributed by atoms with Crippen molar-refractivity contribution in [2.45, 2.75) is 50.8 Å². The van der Waals surface area contributed by atoms with Gasteiger partial charge in [0.05, 0.1) is 4.90 Å². The number of rotatable bonds is 4. The van der Waals surface area contributed by atoms with E-state index in [1.54, 1.807) is 4.31 Å². The number of hydrogen-bond acceptors (Lipinski definition) is 2. The van der Waals surface area contributed by atoms with Crippen LogP contribution in [0.4, 0.5) is 0 Å². The van der Waals surface area contributed by atoms with Gasteiger partial charge in [-0.1, -0.05) is 44.5 Å². The number of nitrogens with zero attached hydrogens (tertiary/aromatic N) is 1. The van der Waals surface area contributed by atoms with E-state index in [2.05, 4.69) is 32.0 Å². The molecule has 3 nitrogen and oxygen atoms in total. The summed E-state index contributed by atoms with van der Waals surface area (Å²) in [5.74, 6) is 0. The Kier molecular flexibility index (Phi) is 4.74. The molecule has 1 fully saturated rings. The summed E-state index contributed by atoms with van der Waals surface area (Å²) < 4.78 is 27.9. The van der Waals surface area contributed by atoms with Gasteiger partial charge in [0.25, 0.3) is 0 Å². The summed E-state index contributed by atoms with van der Waals surface area (Å²) >= 11 is 0. The zero-order valence-corrected chi connectivity index (χ0v) is 14.8. The molecule has 0 unspecified atom stereocenters. The van der Waals surface area contributed by atoms with Gasteiger partial charge < -0.3 is 0 Å². The normalized spacial score (nSPS) is 16.8. The van der Waals surface area contributed by atoms with Crippen LogP contribution in [0.25, 0.3) is 10.8 Å². The van der Waals surface area contributed by atoms with E-state index in [0.29, 0.717) is 18.0 Å². The molecule has 2 aromatic carbocycles. The second kappa shape index (κ2) is 6.62. The smallest absolute Gasteiger partial charge is 0.207 e. The molecule has 0 N–H and O–H groups in total. The molecule has 1 saturated heterocycles. The third kappa shape index (κ3) is 2.90. The van der Waals surface area contributed by atoms with Crippen LogP contribution >= 0.6 is 0 Å². The molecule has 4 heteroatoms. The minimum atomic E-state index is -3.39. The first-order valence-corrected chi connectivity index (χ1v) is 10.1. The lowest BCUT2D eigenvalue weighted by Crippen LogP contribution is -2.36. The zero-order valence-electron chi connectivity index (χ0n) is 14.0. The van der Waals surface area contributed by atoms with E-state index < -0.39 is 10.0 Å². The molecule has 0 aromatic heterocycles. The Bertz CT molecular complexity index is 805. The Morgan fingerprint density at radius 3 is 2.35 bits per heavy atom. The molecule has 0 radical (unpaired) electrons. The standard InChI is InChI=1S/C19H25NO2S/c1-3-15-9-8-10-16-11-12-18(17(4-2)19(15)16)23(21,22)20-13-6-5-7-14-20/h8-12H,3-7,13-14H2,1-2H3. The fraction of sp³-hybridized carbons (Fsp3) is 0.474. The quantitative estimate of drug-likeness (QED) is 0.844. The summed E-state index contributed by atoms with van der Waals surface area (Å²) in [5.41, 5.74) is 2.21. The minimum absolute atomic E-state index is 0.510. The molecule has 1 aliphatic rings. The second-order valence-corrected chi connectivity index (χ2v) is 8.14. The average Bonchev–Trinajstić information content (AvgIpc) is 2.60. The van der Waals surface area contributed by atoms with Crippen LogP contribution < -0.4 is 0 Å². The highest BCUT2D eigenvalue weighted by atomic mass is 32.2. The van der Waals surface area contributed by atoms with Crippen LogP contribution in [0.15, 0.2) is 35.2 Å². The van der Waals surface area contributed by atoms with E-state index in [-0.39, 0.29) is 0 Å². The van der Waals surface area contributed by atoms with Crippen LogP contribution in [0.2, 0.25) is 0 Å². The number of aryl methyl sites for hydroxylation is 2. The van der Waals surface area contributed by atoms with Gasteiger partial charge in [-0.15, -0.1) is 0 Å². The monoisotopic (exact) mass is 331 g/mol. The molecule has 2 aromatic rings. The molecule has 0 atom stereocenters. The Balaban J connectivity index is 2.21. The fourth-order valence-electron chi connectivity index (χ4n) is 3.65. The van der Waals surface area contributed by atoms with Gasteiger partial charge in [-0.3, -0.25) is 0 Å². The maximum Gasteiger partial charge on any atom is 0.243 e. The minimum Gasteiger partial charge on any atom is -0.207 e. The number of piperidine rings is 1. The second-order valence-electron chi connectivity index (χ2n) is 6.23. The predicted molar refractivity (Wildman–Crippen MR) is 95.3 cm³/mol. The van der Waals surface area contributed by atoms with E-state index in [9.17, 15) is 8.42 Å². The first-order valence-electron chi connectivity index (χ1n) is 8.63. The SMILES string of the molecule is CCc1cccc2ccc(S(=O)(=O)N3CCCCC3)c(CC)c12. The van der Waals surface area contributed by atoms with E-state index in [0.717, 1.165) is 48.4 Å². The maximum atomic E-state index is 13.1. The molecule has 124 valence electrons. The van der Waals surface area contributed by atoms with Crippen molar-refractivity contribution >= 4 is 20.8 Å². The highest BCUT2D eigenvalue weighted by Crippen LogP contribution is 2.32. The average molecular weight is 331 g/mol. The summed E-state index contributed by atoms with van der Waals surface area (Å²) in [4.78, 5) is 0.510. The Labute approximate surface area is 139 Å². The third-order valence-electron chi connectivity index (χ3n) is 4.86. The molecule has 0 spiro atoms. The van der Waals surface area contributed by atoms with Crippen molar-refractivity contribution < 1.29 is 8.42 Å². The zero-order chi connectivity index (χ0) is 16.4. The summed E-state index contributed by atoms with van der Waals surface area (Å²) in [5, 5.41) is 2.27. The van der Waals surface area contributed by atoms with Crippen molar-refractivity contribution in [1.82, 2.24) is 4.31 Å². The Hall–Kier alpha value is -1.39. The first-order chi connectivity index (χ1) is 11.1. The van der Waals surface area contributed by atoms with Crippen LogP contribution in [0.1, 0.15) is 44.2 Å². The molecule has 23 heavy (non-hydrogen) atoms. The van der Waals surface area contributed by atoms with Crippen molar-refractivity contribution in [3.05, 3.63) is 41.5 Å². The molecule has 3 rings (SSSR count). The van der Waals surface area contributed by atoms with Gasteiger partial charge in [0.1, 0.15) is 0 Å². The van der Waals surface area contributed by atoms with Crippen LogP contribution in [-0.4, -0.2) is 25.8 Å². The lowest BCUT2D eigenvalue weighted by molar-refractivity contribution is 0.346. The predicted octanol–water partition coefficient (Wildman–Crippen LogP) is 4.14. The van der Waals surface area contributed by atoms with Crippen molar-refractivity contribution in [1.29, 1.82) is 0 Å². The number of benzene rings is 2. The molecule has 0 amide bonds. The summed E-state index contributed by atoms with van der Waals surface area (Å²) in [6.07, 6.45) is 4.71. The first kappa shape index (κ1) is 16.5. The summed E-state index contributed by atoms with van der Waals surface area (Å²) in [6.45, 7) is 5.48. The van der Waals surface area contributed by atoms with Crippen LogP contribution in [0.3, 0.4) is 0 Å². The third-order valence-corrected chi connectivity index (χ3v) is 6.85.